The maximum atomic E-state index is 12.7. The van der Waals surface area contributed by atoms with Crippen molar-refractivity contribution in [3.05, 3.63) is 83.9 Å². The van der Waals surface area contributed by atoms with E-state index >= 15 is 0 Å². The van der Waals surface area contributed by atoms with Crippen molar-refractivity contribution in [2.24, 2.45) is 0 Å². The Hall–Kier alpha value is -3.32. The molecule has 0 atom stereocenters. The molecule has 0 aliphatic rings. The highest BCUT2D eigenvalue weighted by atomic mass is 32.2. The number of aryl methyl sites for hydroxylation is 1. The maximum absolute atomic E-state index is 12.7. The molecule has 0 fully saturated rings. The summed E-state index contributed by atoms with van der Waals surface area (Å²) in [4.78, 5) is 12.6. The molecule has 1 amide bonds. The van der Waals surface area contributed by atoms with Crippen molar-refractivity contribution in [3.63, 3.8) is 0 Å². The normalized spacial score (nSPS) is 11.2. The number of ether oxygens (including phenoxy) is 1. The lowest BCUT2D eigenvalue weighted by molar-refractivity contribution is 0.102. The molecule has 0 aliphatic carbocycles. The lowest BCUT2D eigenvalue weighted by Crippen LogP contribution is -2.16. The first-order chi connectivity index (χ1) is 14.2. The fourth-order valence-corrected chi connectivity index (χ4v) is 3.91. The number of benzene rings is 3. The topological polar surface area (TPSA) is 84.5 Å². The van der Waals surface area contributed by atoms with Crippen LogP contribution in [0, 0.1) is 6.92 Å². The molecule has 0 saturated carbocycles. The van der Waals surface area contributed by atoms with Gasteiger partial charge in [0.2, 0.25) is 0 Å². The summed E-state index contributed by atoms with van der Waals surface area (Å²) < 4.78 is 33.6. The van der Waals surface area contributed by atoms with Crippen LogP contribution in [0.3, 0.4) is 0 Å². The highest BCUT2D eigenvalue weighted by molar-refractivity contribution is 7.92. The molecule has 0 bridgehead atoms. The van der Waals surface area contributed by atoms with Crippen molar-refractivity contribution in [2.45, 2.75) is 31.8 Å². The van der Waals surface area contributed by atoms with Gasteiger partial charge in [0, 0.05) is 16.9 Å². The van der Waals surface area contributed by atoms with Crippen LogP contribution in [0.2, 0.25) is 0 Å². The van der Waals surface area contributed by atoms with Crippen molar-refractivity contribution in [1.82, 2.24) is 0 Å². The van der Waals surface area contributed by atoms with Crippen LogP contribution in [0.25, 0.3) is 0 Å². The third-order valence-electron chi connectivity index (χ3n) is 4.16. The Kier molecular flexibility index (Phi) is 6.42. The second-order valence-electron chi connectivity index (χ2n) is 7.15. The Bertz CT molecular complexity index is 1140. The molecule has 0 spiro atoms. The zero-order valence-electron chi connectivity index (χ0n) is 17.0. The molecular formula is C23H24N2O4S. The molecule has 3 aromatic carbocycles. The monoisotopic (exact) mass is 424 g/mol. The maximum Gasteiger partial charge on any atom is 0.261 e. The Labute approximate surface area is 177 Å². The van der Waals surface area contributed by atoms with Crippen molar-refractivity contribution < 1.29 is 17.9 Å². The van der Waals surface area contributed by atoms with Crippen LogP contribution in [-0.2, 0) is 10.0 Å². The first-order valence-corrected chi connectivity index (χ1v) is 11.0. The Morgan fingerprint density at radius 3 is 2.27 bits per heavy atom. The Balaban J connectivity index is 1.74. The third-order valence-corrected chi connectivity index (χ3v) is 5.54. The molecule has 30 heavy (non-hydrogen) atoms. The van der Waals surface area contributed by atoms with Gasteiger partial charge >= 0.3 is 0 Å². The fraction of sp³-hybridized carbons (Fsp3) is 0.174. The molecule has 3 aromatic rings. The third kappa shape index (κ3) is 5.61. The standard InChI is InChI=1S/C23H24N2O4S/c1-16(2)29-21-12-10-19(11-13-21)24-23(26)18-7-5-9-22(15-18)30(27,28)25-20-8-4-6-17(3)14-20/h4-16,25H,1-3H3,(H,24,26). The van der Waals surface area contributed by atoms with Gasteiger partial charge in [0.15, 0.2) is 0 Å². The van der Waals surface area contributed by atoms with E-state index in [2.05, 4.69) is 10.0 Å². The molecule has 0 aliphatic heterocycles. The van der Waals surface area contributed by atoms with E-state index in [0.29, 0.717) is 17.1 Å². The minimum atomic E-state index is -3.82. The van der Waals surface area contributed by atoms with Gasteiger partial charge < -0.3 is 10.1 Å². The van der Waals surface area contributed by atoms with Crippen molar-refractivity contribution in [3.8, 4) is 5.75 Å². The summed E-state index contributed by atoms with van der Waals surface area (Å²) in [7, 11) is -3.82. The highest BCUT2D eigenvalue weighted by Crippen LogP contribution is 2.20. The smallest absolute Gasteiger partial charge is 0.261 e. The van der Waals surface area contributed by atoms with Gasteiger partial charge in [0.05, 0.1) is 11.0 Å². The Morgan fingerprint density at radius 2 is 1.60 bits per heavy atom. The number of hydrogen-bond donors (Lipinski definition) is 2. The van der Waals surface area contributed by atoms with Crippen molar-refractivity contribution in [1.29, 1.82) is 0 Å². The summed E-state index contributed by atoms with van der Waals surface area (Å²) in [5.41, 5.74) is 2.23. The molecule has 0 aromatic heterocycles. The number of hydrogen-bond acceptors (Lipinski definition) is 4. The molecule has 7 heteroatoms. The summed E-state index contributed by atoms with van der Waals surface area (Å²) in [6.45, 7) is 5.75. The number of anilines is 2. The van der Waals surface area contributed by atoms with E-state index in [4.69, 9.17) is 4.74 Å². The number of nitrogens with one attached hydrogen (secondary N) is 2. The molecule has 3 rings (SSSR count). The second-order valence-corrected chi connectivity index (χ2v) is 8.83. The molecule has 2 N–H and O–H groups in total. The van der Waals surface area contributed by atoms with E-state index in [9.17, 15) is 13.2 Å². The fourth-order valence-electron chi connectivity index (χ4n) is 2.82. The zero-order chi connectivity index (χ0) is 21.7. The minimum absolute atomic E-state index is 0.0114. The number of sulfonamides is 1. The van der Waals surface area contributed by atoms with Crippen molar-refractivity contribution >= 4 is 27.3 Å². The molecule has 0 saturated heterocycles. The van der Waals surface area contributed by atoms with E-state index in [1.807, 2.05) is 26.8 Å². The quantitative estimate of drug-likeness (QED) is 0.569. The van der Waals surface area contributed by atoms with Gasteiger partial charge in [-0.1, -0.05) is 18.2 Å². The lowest BCUT2D eigenvalue weighted by atomic mass is 10.2. The summed E-state index contributed by atoms with van der Waals surface area (Å²) in [6, 6.07) is 20.0. The van der Waals surface area contributed by atoms with E-state index in [-0.39, 0.29) is 16.6 Å². The van der Waals surface area contributed by atoms with Crippen molar-refractivity contribution in [2.75, 3.05) is 10.0 Å². The number of carbonyl (C=O) groups is 1. The van der Waals surface area contributed by atoms with E-state index in [1.165, 1.54) is 12.1 Å². The number of carbonyl (C=O) groups excluding carboxylic acids is 1. The average Bonchev–Trinajstić information content (AvgIpc) is 2.69. The van der Waals surface area contributed by atoms with Crippen LogP contribution in [0.4, 0.5) is 11.4 Å². The predicted molar refractivity (Wildman–Crippen MR) is 119 cm³/mol. The zero-order valence-corrected chi connectivity index (χ0v) is 17.9. The summed E-state index contributed by atoms with van der Waals surface area (Å²) in [5, 5.41) is 2.76. The second kappa shape index (κ2) is 9.00. The molecule has 156 valence electrons. The summed E-state index contributed by atoms with van der Waals surface area (Å²) in [5.74, 6) is 0.304. The van der Waals surface area contributed by atoms with Gasteiger partial charge in [-0.3, -0.25) is 9.52 Å². The van der Waals surface area contributed by atoms with E-state index in [1.54, 1.807) is 54.6 Å². The first kappa shape index (κ1) is 21.4. The number of rotatable bonds is 7. The molecule has 0 heterocycles. The number of amides is 1. The van der Waals surface area contributed by atoms with Gasteiger partial charge in [-0.25, -0.2) is 8.42 Å². The van der Waals surface area contributed by atoms with E-state index < -0.39 is 15.9 Å². The minimum Gasteiger partial charge on any atom is -0.491 e. The largest absolute Gasteiger partial charge is 0.491 e. The molecule has 6 nitrogen and oxygen atoms in total. The van der Waals surface area contributed by atoms with Gasteiger partial charge in [-0.15, -0.1) is 0 Å². The van der Waals surface area contributed by atoms with Crippen LogP contribution in [-0.4, -0.2) is 20.4 Å². The van der Waals surface area contributed by atoms with Crippen LogP contribution < -0.4 is 14.8 Å². The lowest BCUT2D eigenvalue weighted by Gasteiger charge is -2.12. The highest BCUT2D eigenvalue weighted by Gasteiger charge is 2.17. The molecular weight excluding hydrogens is 400 g/mol. The van der Waals surface area contributed by atoms with Gasteiger partial charge in [0.1, 0.15) is 5.75 Å². The van der Waals surface area contributed by atoms with Crippen LogP contribution >= 0.6 is 0 Å². The SMILES string of the molecule is Cc1cccc(NS(=O)(=O)c2cccc(C(=O)Nc3ccc(OC(C)C)cc3)c2)c1. The predicted octanol–water partition coefficient (Wildman–Crippen LogP) is 4.84. The van der Waals surface area contributed by atoms with Gasteiger partial charge in [-0.05, 0) is 80.9 Å². The van der Waals surface area contributed by atoms with Gasteiger partial charge in [0.25, 0.3) is 15.9 Å². The van der Waals surface area contributed by atoms with Crippen LogP contribution in [0.1, 0.15) is 29.8 Å². The van der Waals surface area contributed by atoms with E-state index in [0.717, 1.165) is 5.56 Å². The summed E-state index contributed by atoms with van der Waals surface area (Å²) in [6.07, 6.45) is 0.0588. The first-order valence-electron chi connectivity index (χ1n) is 9.50. The average molecular weight is 425 g/mol. The molecule has 0 radical (unpaired) electrons. The van der Waals surface area contributed by atoms with Gasteiger partial charge in [-0.2, -0.15) is 0 Å². The van der Waals surface area contributed by atoms with Crippen LogP contribution in [0.5, 0.6) is 5.75 Å². The Morgan fingerprint density at radius 1 is 0.900 bits per heavy atom. The molecule has 0 unspecified atom stereocenters. The van der Waals surface area contributed by atoms with Crippen LogP contribution in [0.15, 0.2) is 77.7 Å². The summed E-state index contributed by atoms with van der Waals surface area (Å²) >= 11 is 0.